The van der Waals surface area contributed by atoms with E-state index in [-0.39, 0.29) is 16.7 Å². The third-order valence-electron chi connectivity index (χ3n) is 2.59. The van der Waals surface area contributed by atoms with Crippen molar-refractivity contribution in [1.29, 1.82) is 0 Å². The second-order valence-corrected chi connectivity index (χ2v) is 4.01. The Morgan fingerprint density at radius 2 is 2.05 bits per heavy atom. The Morgan fingerprint density at radius 1 is 1.30 bits per heavy atom. The molecular weight excluding hydrogens is 286 g/mol. The first-order chi connectivity index (χ1) is 9.58. The molecule has 0 aliphatic carbocycles. The number of ether oxygens (including phenoxy) is 2. The van der Waals surface area contributed by atoms with E-state index in [0.717, 1.165) is 6.20 Å². The van der Waals surface area contributed by atoms with Crippen LogP contribution in [0.4, 0.5) is 5.69 Å². The lowest BCUT2D eigenvalue weighted by Crippen LogP contribution is -1.99. The van der Waals surface area contributed by atoms with E-state index in [2.05, 4.69) is 9.97 Å². The van der Waals surface area contributed by atoms with E-state index in [1.165, 1.54) is 14.2 Å². The summed E-state index contributed by atoms with van der Waals surface area (Å²) < 4.78 is 10.4. The fraction of sp³-hybridized carbons (Fsp3) is 0.167. The molecule has 104 valence electrons. The van der Waals surface area contributed by atoms with Gasteiger partial charge in [0.05, 0.1) is 24.7 Å². The van der Waals surface area contributed by atoms with Crippen LogP contribution in [0, 0.1) is 10.1 Å². The summed E-state index contributed by atoms with van der Waals surface area (Å²) in [6.45, 7) is 0. The minimum absolute atomic E-state index is 0.0748. The van der Waals surface area contributed by atoms with Crippen molar-refractivity contribution in [1.82, 2.24) is 9.97 Å². The zero-order valence-corrected chi connectivity index (χ0v) is 11.4. The van der Waals surface area contributed by atoms with Crippen LogP contribution in [0.3, 0.4) is 0 Å². The number of rotatable bonds is 4. The first-order valence-corrected chi connectivity index (χ1v) is 5.84. The predicted molar refractivity (Wildman–Crippen MR) is 72.2 cm³/mol. The molecular formula is C12H10ClN3O4. The molecule has 0 unspecified atom stereocenters. The molecule has 0 N–H and O–H groups in total. The maximum Gasteiger partial charge on any atom is 0.313 e. The summed E-state index contributed by atoms with van der Waals surface area (Å²) in [6.07, 6.45) is 1.06. The van der Waals surface area contributed by atoms with Gasteiger partial charge >= 0.3 is 5.69 Å². The highest BCUT2D eigenvalue weighted by Crippen LogP contribution is 2.40. The maximum atomic E-state index is 11.1. The van der Waals surface area contributed by atoms with Gasteiger partial charge in [-0.3, -0.25) is 10.1 Å². The Kier molecular flexibility index (Phi) is 3.99. The molecule has 0 saturated heterocycles. The molecule has 0 amide bonds. The Morgan fingerprint density at radius 3 is 2.65 bits per heavy atom. The first-order valence-electron chi connectivity index (χ1n) is 5.46. The number of hydrogen-bond acceptors (Lipinski definition) is 6. The lowest BCUT2D eigenvalue weighted by Gasteiger charge is -2.12. The largest absolute Gasteiger partial charge is 0.493 e. The van der Waals surface area contributed by atoms with E-state index in [1.807, 2.05) is 0 Å². The maximum absolute atomic E-state index is 11.1. The lowest BCUT2D eigenvalue weighted by molar-refractivity contribution is -0.384. The van der Waals surface area contributed by atoms with Crippen molar-refractivity contribution in [2.45, 2.75) is 0 Å². The van der Waals surface area contributed by atoms with E-state index >= 15 is 0 Å². The summed E-state index contributed by atoms with van der Waals surface area (Å²) in [7, 11) is 2.92. The number of para-hydroxylation sites is 1. The quantitative estimate of drug-likeness (QED) is 0.489. The van der Waals surface area contributed by atoms with E-state index in [1.54, 1.807) is 18.2 Å². The molecule has 1 aromatic heterocycles. The fourth-order valence-corrected chi connectivity index (χ4v) is 1.89. The van der Waals surface area contributed by atoms with E-state index in [0.29, 0.717) is 17.1 Å². The van der Waals surface area contributed by atoms with Crippen LogP contribution in [0.15, 0.2) is 24.4 Å². The summed E-state index contributed by atoms with van der Waals surface area (Å²) in [5.74, 6) is 0.780. The Balaban J connectivity index is 2.74. The van der Waals surface area contributed by atoms with Gasteiger partial charge < -0.3 is 9.47 Å². The summed E-state index contributed by atoms with van der Waals surface area (Å²) in [6, 6.07) is 4.99. The van der Waals surface area contributed by atoms with Crippen molar-refractivity contribution < 1.29 is 14.4 Å². The van der Waals surface area contributed by atoms with E-state index in [4.69, 9.17) is 21.1 Å². The molecule has 0 saturated carbocycles. The highest BCUT2D eigenvalue weighted by molar-refractivity contribution is 6.28. The number of benzene rings is 1. The van der Waals surface area contributed by atoms with Crippen LogP contribution in [0.1, 0.15) is 0 Å². The van der Waals surface area contributed by atoms with Gasteiger partial charge in [-0.2, -0.15) is 0 Å². The highest BCUT2D eigenvalue weighted by atomic mass is 35.5. The standard InChI is InChI=1S/C12H10ClN3O4/c1-19-9-5-3-4-7(11(9)20-2)10-8(16(17)18)6-14-12(13)15-10/h3-6H,1-2H3. The van der Waals surface area contributed by atoms with E-state index in [9.17, 15) is 10.1 Å². The van der Waals surface area contributed by atoms with Gasteiger partial charge in [0.1, 0.15) is 6.20 Å². The number of hydrogen-bond donors (Lipinski definition) is 0. The van der Waals surface area contributed by atoms with Gasteiger partial charge in [-0.25, -0.2) is 9.97 Å². The molecule has 0 bridgehead atoms. The molecule has 2 rings (SSSR count). The van der Waals surface area contributed by atoms with Gasteiger partial charge in [-0.05, 0) is 23.7 Å². The van der Waals surface area contributed by atoms with Crippen LogP contribution in [0.5, 0.6) is 11.5 Å². The molecule has 0 atom stereocenters. The number of methoxy groups -OCH3 is 2. The van der Waals surface area contributed by atoms with Crippen LogP contribution in [0.25, 0.3) is 11.3 Å². The van der Waals surface area contributed by atoms with Crippen LogP contribution in [-0.4, -0.2) is 29.1 Å². The molecule has 2 aromatic rings. The summed E-state index contributed by atoms with van der Waals surface area (Å²) in [5, 5.41) is 11.0. The third kappa shape index (κ3) is 2.48. The number of aromatic nitrogens is 2. The zero-order valence-electron chi connectivity index (χ0n) is 10.7. The molecule has 0 radical (unpaired) electrons. The minimum Gasteiger partial charge on any atom is -0.493 e. The Hall–Kier alpha value is -2.41. The van der Waals surface area contributed by atoms with Crippen molar-refractivity contribution in [2.24, 2.45) is 0 Å². The van der Waals surface area contributed by atoms with Crippen molar-refractivity contribution >= 4 is 17.3 Å². The minimum atomic E-state index is -0.579. The van der Waals surface area contributed by atoms with Gasteiger partial charge in [0, 0.05) is 0 Å². The average Bonchev–Trinajstić information content (AvgIpc) is 2.45. The SMILES string of the molecule is COc1cccc(-c2nc(Cl)ncc2[N+](=O)[O-])c1OC. The molecule has 0 fully saturated rings. The highest BCUT2D eigenvalue weighted by Gasteiger charge is 2.23. The topological polar surface area (TPSA) is 87.4 Å². The monoisotopic (exact) mass is 295 g/mol. The fourth-order valence-electron chi connectivity index (χ4n) is 1.76. The van der Waals surface area contributed by atoms with Crippen molar-refractivity contribution in [3.63, 3.8) is 0 Å². The van der Waals surface area contributed by atoms with Crippen LogP contribution in [-0.2, 0) is 0 Å². The van der Waals surface area contributed by atoms with Gasteiger partial charge in [-0.1, -0.05) is 6.07 Å². The van der Waals surface area contributed by atoms with Gasteiger partial charge in [-0.15, -0.1) is 0 Å². The van der Waals surface area contributed by atoms with Gasteiger partial charge in [0.15, 0.2) is 17.2 Å². The normalized spacial score (nSPS) is 10.2. The second kappa shape index (κ2) is 5.70. The molecule has 8 heteroatoms. The van der Waals surface area contributed by atoms with Gasteiger partial charge in [0.25, 0.3) is 0 Å². The number of nitrogens with zero attached hydrogens (tertiary/aromatic N) is 3. The van der Waals surface area contributed by atoms with Crippen molar-refractivity contribution in [2.75, 3.05) is 14.2 Å². The summed E-state index contributed by atoms with van der Waals surface area (Å²) >= 11 is 5.72. The van der Waals surface area contributed by atoms with Crippen molar-refractivity contribution in [3.8, 4) is 22.8 Å². The number of halogens is 1. The lowest BCUT2D eigenvalue weighted by atomic mass is 10.1. The van der Waals surface area contributed by atoms with E-state index < -0.39 is 4.92 Å². The molecule has 0 spiro atoms. The molecule has 1 aromatic carbocycles. The molecule has 20 heavy (non-hydrogen) atoms. The first kappa shape index (κ1) is 14.0. The van der Waals surface area contributed by atoms with Crippen LogP contribution < -0.4 is 9.47 Å². The average molecular weight is 296 g/mol. The number of nitro groups is 1. The Bertz CT molecular complexity index is 663. The summed E-state index contributed by atoms with van der Waals surface area (Å²) in [4.78, 5) is 18.0. The molecule has 7 nitrogen and oxygen atoms in total. The molecule has 1 heterocycles. The molecule has 0 aliphatic heterocycles. The van der Waals surface area contributed by atoms with Crippen molar-refractivity contribution in [3.05, 3.63) is 39.8 Å². The zero-order chi connectivity index (χ0) is 14.7. The predicted octanol–water partition coefficient (Wildman–Crippen LogP) is 2.72. The smallest absolute Gasteiger partial charge is 0.313 e. The second-order valence-electron chi connectivity index (χ2n) is 3.67. The third-order valence-corrected chi connectivity index (χ3v) is 2.78. The molecule has 0 aliphatic rings. The van der Waals surface area contributed by atoms with Crippen LogP contribution >= 0.6 is 11.6 Å². The summed E-state index contributed by atoms with van der Waals surface area (Å²) in [5.41, 5.74) is 0.217. The van der Waals surface area contributed by atoms with Crippen LogP contribution in [0.2, 0.25) is 5.28 Å². The van der Waals surface area contributed by atoms with Gasteiger partial charge in [0.2, 0.25) is 5.28 Å². The Labute approximate surface area is 119 Å².